The van der Waals surface area contributed by atoms with E-state index in [0.717, 1.165) is 30.6 Å². The van der Waals surface area contributed by atoms with Crippen LogP contribution in [0.25, 0.3) is 0 Å². The van der Waals surface area contributed by atoms with Crippen molar-refractivity contribution < 1.29 is 19.1 Å². The summed E-state index contributed by atoms with van der Waals surface area (Å²) in [6.07, 6.45) is 3.59. The molecule has 3 amide bonds. The molecule has 3 saturated heterocycles. The van der Waals surface area contributed by atoms with Crippen molar-refractivity contribution in [3.8, 4) is 0 Å². The number of imide groups is 1. The van der Waals surface area contributed by atoms with Crippen molar-refractivity contribution in [1.82, 2.24) is 10.2 Å². The largest absolute Gasteiger partial charge is 0.373 e. The molecule has 8 heteroatoms. The maximum Gasteiger partial charge on any atom is 0.243 e. The lowest BCUT2D eigenvalue weighted by atomic mass is 9.81. The Hall–Kier alpha value is -1.18. The minimum Gasteiger partial charge on any atom is -0.373 e. The molecule has 24 heavy (non-hydrogen) atoms. The summed E-state index contributed by atoms with van der Waals surface area (Å²) in [5, 5.41) is 2.78. The van der Waals surface area contributed by atoms with Crippen LogP contribution in [-0.2, 0) is 19.1 Å². The number of rotatable bonds is 5. The lowest BCUT2D eigenvalue weighted by molar-refractivity contribution is -0.149. The molecule has 134 valence electrons. The molecule has 2 bridgehead atoms. The monoisotopic (exact) mass is 357 g/mol. The second kappa shape index (κ2) is 6.28. The molecule has 3 aliphatic heterocycles. The van der Waals surface area contributed by atoms with Gasteiger partial charge in [0.1, 0.15) is 6.04 Å². The van der Waals surface area contributed by atoms with Gasteiger partial charge in [0.25, 0.3) is 0 Å². The predicted molar refractivity (Wildman–Crippen MR) is 87.1 cm³/mol. The van der Waals surface area contributed by atoms with Gasteiger partial charge in [0.2, 0.25) is 17.7 Å². The number of fused-ring (bicyclic) bond motifs is 5. The Morgan fingerprint density at radius 3 is 2.25 bits per heavy atom. The molecule has 1 saturated carbocycles. The lowest BCUT2D eigenvalue weighted by Gasteiger charge is -2.24. The summed E-state index contributed by atoms with van der Waals surface area (Å²) in [7, 11) is 0. The van der Waals surface area contributed by atoms with Crippen molar-refractivity contribution in [1.29, 1.82) is 0 Å². The summed E-state index contributed by atoms with van der Waals surface area (Å²) < 4.78 is 5.70. The van der Waals surface area contributed by atoms with E-state index in [1.54, 1.807) is 6.92 Å². The first kappa shape index (κ1) is 17.6. The zero-order chi connectivity index (χ0) is 16.3. The maximum atomic E-state index is 12.6. The molecule has 0 radical (unpaired) electrons. The van der Waals surface area contributed by atoms with Crippen LogP contribution in [0.4, 0.5) is 0 Å². The van der Waals surface area contributed by atoms with Crippen LogP contribution in [0.2, 0.25) is 0 Å². The van der Waals surface area contributed by atoms with Gasteiger partial charge in [0.15, 0.2) is 0 Å². The topological polar surface area (TPSA) is 102 Å². The van der Waals surface area contributed by atoms with Crippen LogP contribution >= 0.6 is 12.4 Å². The highest BCUT2D eigenvalue weighted by molar-refractivity contribution is 6.09. The molecule has 4 rings (SSSR count). The molecular weight excluding hydrogens is 334 g/mol. The minimum atomic E-state index is -0.786. The normalized spacial score (nSPS) is 36.3. The molecule has 3 N–H and O–H groups in total. The fourth-order valence-corrected chi connectivity index (χ4v) is 4.29. The number of likely N-dealkylation sites (tertiary alicyclic amines) is 1. The molecule has 0 spiro atoms. The van der Waals surface area contributed by atoms with E-state index in [9.17, 15) is 14.4 Å². The van der Waals surface area contributed by atoms with Crippen LogP contribution in [0.15, 0.2) is 0 Å². The van der Waals surface area contributed by atoms with Crippen LogP contribution < -0.4 is 11.1 Å². The number of carbonyl (C=O) groups excluding carboxylic acids is 3. The Morgan fingerprint density at radius 1 is 1.21 bits per heavy atom. The number of hydrogen-bond donors (Lipinski definition) is 2. The van der Waals surface area contributed by atoms with E-state index in [0.29, 0.717) is 12.5 Å². The highest BCUT2D eigenvalue weighted by atomic mass is 35.5. The second-order valence-corrected chi connectivity index (χ2v) is 7.31. The van der Waals surface area contributed by atoms with Gasteiger partial charge in [-0.15, -0.1) is 12.4 Å². The van der Waals surface area contributed by atoms with Gasteiger partial charge in [-0.2, -0.15) is 0 Å². The Morgan fingerprint density at radius 2 is 1.75 bits per heavy atom. The molecule has 0 aromatic rings. The number of nitrogens with two attached hydrogens (primary N) is 1. The highest BCUT2D eigenvalue weighted by Gasteiger charge is 2.63. The third-order valence-corrected chi connectivity index (χ3v) is 5.82. The maximum absolute atomic E-state index is 12.6. The SMILES string of the molecule is CC(C(=O)NCC(N)C1CC1)N1C(=O)C2C3CCC(O3)C2C1=O.Cl. The number of ether oxygens (including phenoxy) is 1. The zero-order valence-corrected chi connectivity index (χ0v) is 14.5. The first-order valence-electron chi connectivity index (χ1n) is 8.54. The van der Waals surface area contributed by atoms with Crippen LogP contribution in [-0.4, -0.2) is 53.5 Å². The summed E-state index contributed by atoms with van der Waals surface area (Å²) in [6, 6.07) is -0.828. The van der Waals surface area contributed by atoms with Crippen molar-refractivity contribution in [2.24, 2.45) is 23.5 Å². The van der Waals surface area contributed by atoms with Crippen LogP contribution in [0.5, 0.6) is 0 Å². The standard InChI is InChI=1S/C16H23N3O4.ClH/c1-7(14(20)18-6-9(17)8-2-3-8)19-15(21)12-10-4-5-11(23-10)13(12)16(19)22;/h7-13H,2-6,17H2,1H3,(H,18,20);1H. The summed E-state index contributed by atoms with van der Waals surface area (Å²) >= 11 is 0. The van der Waals surface area contributed by atoms with E-state index in [1.165, 1.54) is 0 Å². The van der Waals surface area contributed by atoms with Gasteiger partial charge >= 0.3 is 0 Å². The summed E-state index contributed by atoms with van der Waals surface area (Å²) in [5.41, 5.74) is 5.98. The van der Waals surface area contributed by atoms with Gasteiger partial charge in [-0.05, 0) is 38.5 Å². The van der Waals surface area contributed by atoms with Crippen LogP contribution in [0.3, 0.4) is 0 Å². The first-order chi connectivity index (χ1) is 11.0. The van der Waals surface area contributed by atoms with E-state index in [2.05, 4.69) is 5.32 Å². The minimum absolute atomic E-state index is 0. The van der Waals surface area contributed by atoms with Gasteiger partial charge in [-0.25, -0.2) is 0 Å². The summed E-state index contributed by atoms with van der Waals surface area (Å²) in [5.74, 6) is -1.08. The van der Waals surface area contributed by atoms with E-state index < -0.39 is 6.04 Å². The molecule has 0 aromatic carbocycles. The first-order valence-corrected chi connectivity index (χ1v) is 8.54. The predicted octanol–water partition coefficient (Wildman–Crippen LogP) is -0.187. The molecule has 7 nitrogen and oxygen atoms in total. The van der Waals surface area contributed by atoms with Gasteiger partial charge in [-0.3, -0.25) is 19.3 Å². The van der Waals surface area contributed by atoms with Crippen LogP contribution in [0.1, 0.15) is 32.6 Å². The number of amides is 3. The molecule has 4 aliphatic rings. The van der Waals surface area contributed by atoms with Crippen molar-refractivity contribution in [3.63, 3.8) is 0 Å². The molecule has 3 heterocycles. The van der Waals surface area contributed by atoms with Gasteiger partial charge in [0, 0.05) is 12.6 Å². The van der Waals surface area contributed by atoms with E-state index in [-0.39, 0.29) is 60.2 Å². The molecular formula is C16H24ClN3O4. The van der Waals surface area contributed by atoms with E-state index >= 15 is 0 Å². The number of nitrogens with zero attached hydrogens (tertiary/aromatic N) is 1. The second-order valence-electron chi connectivity index (χ2n) is 7.31. The highest BCUT2D eigenvalue weighted by Crippen LogP contribution is 2.48. The zero-order valence-electron chi connectivity index (χ0n) is 13.6. The summed E-state index contributed by atoms with van der Waals surface area (Å²) in [4.78, 5) is 38.7. The lowest BCUT2D eigenvalue weighted by Crippen LogP contribution is -2.51. The number of hydrogen-bond acceptors (Lipinski definition) is 5. The average Bonchev–Trinajstić information content (AvgIpc) is 3.10. The molecule has 1 aliphatic carbocycles. The fraction of sp³-hybridized carbons (Fsp3) is 0.812. The third-order valence-electron chi connectivity index (χ3n) is 5.82. The molecule has 4 fully saturated rings. The quantitative estimate of drug-likeness (QED) is 0.664. The fourth-order valence-electron chi connectivity index (χ4n) is 4.29. The van der Waals surface area contributed by atoms with E-state index in [1.807, 2.05) is 0 Å². The smallest absolute Gasteiger partial charge is 0.243 e. The van der Waals surface area contributed by atoms with Gasteiger partial charge in [0.05, 0.1) is 24.0 Å². The van der Waals surface area contributed by atoms with Gasteiger partial charge < -0.3 is 15.8 Å². The van der Waals surface area contributed by atoms with Gasteiger partial charge in [-0.1, -0.05) is 0 Å². The van der Waals surface area contributed by atoms with Crippen LogP contribution in [0, 0.1) is 17.8 Å². The third kappa shape index (κ3) is 2.62. The summed E-state index contributed by atoms with van der Waals surface area (Å²) in [6.45, 7) is 2.00. The number of halogens is 1. The van der Waals surface area contributed by atoms with Crippen molar-refractivity contribution in [2.45, 2.75) is 56.9 Å². The Labute approximate surface area is 147 Å². The van der Waals surface area contributed by atoms with Crippen molar-refractivity contribution in [3.05, 3.63) is 0 Å². The Balaban J connectivity index is 0.00000169. The van der Waals surface area contributed by atoms with Crippen molar-refractivity contribution >= 4 is 30.1 Å². The van der Waals surface area contributed by atoms with Crippen molar-refractivity contribution in [2.75, 3.05) is 6.54 Å². The molecule has 6 unspecified atom stereocenters. The van der Waals surface area contributed by atoms with E-state index in [4.69, 9.17) is 10.5 Å². The Bertz CT molecular complexity index is 540. The molecule has 0 aromatic heterocycles. The number of nitrogens with one attached hydrogen (secondary N) is 1. The number of carbonyl (C=O) groups is 3. The average molecular weight is 358 g/mol. The Kier molecular flexibility index (Phi) is 4.61. The molecule has 6 atom stereocenters.